The molecular formula is C12H16FN3O4S. The summed E-state index contributed by atoms with van der Waals surface area (Å²) in [6.07, 6.45) is 0. The lowest BCUT2D eigenvalue weighted by atomic mass is 10.3. The predicted octanol–water partition coefficient (Wildman–Crippen LogP) is -0.0929. The number of aryl methyl sites for hydroxylation is 2. The lowest BCUT2D eigenvalue weighted by molar-refractivity contribution is -0.143. The Bertz CT molecular complexity index is 702. The van der Waals surface area contributed by atoms with Crippen LogP contribution in [0.25, 0.3) is 0 Å². The zero-order valence-electron chi connectivity index (χ0n) is 11.9. The van der Waals surface area contributed by atoms with E-state index in [0.29, 0.717) is 0 Å². The Morgan fingerprint density at radius 3 is 2.38 bits per heavy atom. The molecule has 0 amide bonds. The lowest BCUT2D eigenvalue weighted by Gasteiger charge is -2.18. The standard InChI is InChI=1S/C12H16FN3O4S/c1-6-10(11(13)15(2)14-6)21(18,19)16-4-7-8(5-16)9(7)12(17)20-3/h7-9H,4-5H2,1-3H3/t7-,8+,9?. The van der Waals surface area contributed by atoms with Crippen molar-refractivity contribution in [1.29, 1.82) is 0 Å². The molecule has 3 rings (SSSR count). The molecule has 2 aliphatic rings. The first-order chi connectivity index (χ1) is 9.78. The molecule has 21 heavy (non-hydrogen) atoms. The van der Waals surface area contributed by atoms with E-state index in [2.05, 4.69) is 9.84 Å². The predicted molar refractivity (Wildman–Crippen MR) is 69.1 cm³/mol. The minimum Gasteiger partial charge on any atom is -0.469 e. The van der Waals surface area contributed by atoms with Crippen LogP contribution >= 0.6 is 0 Å². The minimum atomic E-state index is -3.91. The van der Waals surface area contributed by atoms with Gasteiger partial charge < -0.3 is 4.74 Å². The fraction of sp³-hybridized carbons (Fsp3) is 0.667. The summed E-state index contributed by atoms with van der Waals surface area (Å²) in [6, 6.07) is 0. The highest BCUT2D eigenvalue weighted by Crippen LogP contribution is 2.53. The second kappa shape index (κ2) is 4.51. The number of halogens is 1. The van der Waals surface area contributed by atoms with Crippen molar-refractivity contribution in [3.8, 4) is 0 Å². The summed E-state index contributed by atoms with van der Waals surface area (Å²) in [5.41, 5.74) is 0.139. The second-order valence-electron chi connectivity index (χ2n) is 5.53. The first-order valence-corrected chi connectivity index (χ1v) is 8.00. The highest BCUT2D eigenvalue weighted by Gasteiger charge is 2.62. The van der Waals surface area contributed by atoms with Gasteiger partial charge in [0.2, 0.25) is 16.0 Å². The number of carbonyl (C=O) groups is 1. The van der Waals surface area contributed by atoms with Crippen LogP contribution in [-0.4, -0.2) is 48.7 Å². The average molecular weight is 317 g/mol. The van der Waals surface area contributed by atoms with Gasteiger partial charge in [-0.15, -0.1) is 0 Å². The van der Waals surface area contributed by atoms with Crippen LogP contribution in [0.4, 0.5) is 4.39 Å². The molecule has 0 spiro atoms. The molecule has 2 fully saturated rings. The molecule has 7 nitrogen and oxygen atoms in total. The third-order valence-electron chi connectivity index (χ3n) is 4.33. The summed E-state index contributed by atoms with van der Waals surface area (Å²) in [5.74, 6) is -1.43. The van der Waals surface area contributed by atoms with Crippen molar-refractivity contribution in [3.05, 3.63) is 11.6 Å². The first kappa shape index (κ1) is 14.5. The molecule has 116 valence electrons. The van der Waals surface area contributed by atoms with E-state index in [-0.39, 0.29) is 47.4 Å². The lowest BCUT2D eigenvalue weighted by Crippen LogP contribution is -2.33. The average Bonchev–Trinajstić information content (AvgIpc) is 2.76. The number of methoxy groups -OCH3 is 1. The summed E-state index contributed by atoms with van der Waals surface area (Å²) in [4.78, 5) is 11.1. The van der Waals surface area contributed by atoms with E-state index in [4.69, 9.17) is 0 Å². The fourth-order valence-corrected chi connectivity index (χ4v) is 4.96. The van der Waals surface area contributed by atoms with Gasteiger partial charge in [0.25, 0.3) is 0 Å². The number of carbonyl (C=O) groups excluding carboxylic acids is 1. The maximum absolute atomic E-state index is 14.0. The number of ether oxygens (including phenoxy) is 1. The van der Waals surface area contributed by atoms with E-state index in [1.165, 1.54) is 25.4 Å². The second-order valence-corrected chi connectivity index (χ2v) is 7.40. The van der Waals surface area contributed by atoms with Gasteiger partial charge in [0.15, 0.2) is 4.90 Å². The minimum absolute atomic E-state index is 0.0211. The maximum atomic E-state index is 14.0. The van der Waals surface area contributed by atoms with Crippen molar-refractivity contribution >= 4 is 16.0 Å². The van der Waals surface area contributed by atoms with Crippen LogP contribution in [0.1, 0.15) is 5.69 Å². The van der Waals surface area contributed by atoms with Gasteiger partial charge >= 0.3 is 5.97 Å². The number of esters is 1. The molecular weight excluding hydrogens is 301 g/mol. The zero-order valence-corrected chi connectivity index (χ0v) is 12.7. The van der Waals surface area contributed by atoms with E-state index in [1.54, 1.807) is 0 Å². The van der Waals surface area contributed by atoms with Crippen LogP contribution < -0.4 is 0 Å². The van der Waals surface area contributed by atoms with Crippen LogP contribution in [0.5, 0.6) is 0 Å². The Hall–Kier alpha value is -1.48. The number of sulfonamides is 1. The largest absolute Gasteiger partial charge is 0.469 e. The molecule has 1 aliphatic carbocycles. The van der Waals surface area contributed by atoms with Gasteiger partial charge in [-0.2, -0.15) is 13.8 Å². The summed E-state index contributed by atoms with van der Waals surface area (Å²) >= 11 is 0. The molecule has 0 N–H and O–H groups in total. The van der Waals surface area contributed by atoms with E-state index >= 15 is 0 Å². The molecule has 1 unspecified atom stereocenters. The molecule has 0 bridgehead atoms. The monoisotopic (exact) mass is 317 g/mol. The molecule has 1 aromatic heterocycles. The molecule has 9 heteroatoms. The summed E-state index contributed by atoms with van der Waals surface area (Å²) in [6.45, 7) is 1.91. The van der Waals surface area contributed by atoms with Crippen molar-refractivity contribution in [2.45, 2.75) is 11.8 Å². The van der Waals surface area contributed by atoms with E-state index in [0.717, 1.165) is 4.68 Å². The molecule has 1 saturated carbocycles. The topological polar surface area (TPSA) is 81.5 Å². The van der Waals surface area contributed by atoms with Crippen LogP contribution in [0.15, 0.2) is 4.90 Å². The normalized spacial score (nSPS) is 28.5. The Morgan fingerprint density at radius 2 is 1.95 bits per heavy atom. The van der Waals surface area contributed by atoms with Gasteiger partial charge in [-0.05, 0) is 18.8 Å². The highest BCUT2D eigenvalue weighted by molar-refractivity contribution is 7.89. The van der Waals surface area contributed by atoms with Gasteiger partial charge in [0.05, 0.1) is 18.7 Å². The van der Waals surface area contributed by atoms with Crippen molar-refractivity contribution in [2.24, 2.45) is 24.8 Å². The van der Waals surface area contributed by atoms with Crippen molar-refractivity contribution in [3.63, 3.8) is 0 Å². The van der Waals surface area contributed by atoms with E-state index < -0.39 is 16.0 Å². The first-order valence-electron chi connectivity index (χ1n) is 6.56. The highest BCUT2D eigenvalue weighted by atomic mass is 32.2. The molecule has 3 atom stereocenters. The molecule has 1 saturated heterocycles. The van der Waals surface area contributed by atoms with Gasteiger partial charge in [0.1, 0.15) is 0 Å². The molecule has 1 aliphatic heterocycles. The van der Waals surface area contributed by atoms with Gasteiger partial charge in [0, 0.05) is 20.1 Å². The van der Waals surface area contributed by atoms with Crippen LogP contribution in [0, 0.1) is 30.6 Å². The van der Waals surface area contributed by atoms with Crippen LogP contribution in [0.2, 0.25) is 0 Å². The third-order valence-corrected chi connectivity index (χ3v) is 6.29. The Kier molecular flexibility index (Phi) is 3.10. The van der Waals surface area contributed by atoms with Gasteiger partial charge in [-0.3, -0.25) is 4.79 Å². The van der Waals surface area contributed by atoms with Crippen molar-refractivity contribution in [1.82, 2.24) is 14.1 Å². The quantitative estimate of drug-likeness (QED) is 0.728. The third kappa shape index (κ3) is 1.98. The SMILES string of the molecule is COC(=O)C1[C@H]2CN(S(=O)(=O)c3c(C)nn(C)c3F)C[C@@H]12. The smallest absolute Gasteiger partial charge is 0.309 e. The van der Waals surface area contributed by atoms with Gasteiger partial charge in [-0.25, -0.2) is 13.1 Å². The fourth-order valence-electron chi connectivity index (χ4n) is 3.20. The molecule has 0 radical (unpaired) electrons. The molecule has 0 aromatic carbocycles. The number of piperidine rings is 1. The zero-order chi connectivity index (χ0) is 15.5. The number of aromatic nitrogens is 2. The van der Waals surface area contributed by atoms with Crippen LogP contribution in [0.3, 0.4) is 0 Å². The summed E-state index contributed by atoms with van der Waals surface area (Å²) < 4.78 is 45.8. The number of nitrogens with zero attached hydrogens (tertiary/aromatic N) is 3. The molecule has 2 heterocycles. The Labute approximate surface area is 121 Å². The summed E-state index contributed by atoms with van der Waals surface area (Å²) in [5, 5.41) is 3.80. The van der Waals surface area contributed by atoms with Crippen molar-refractivity contribution in [2.75, 3.05) is 20.2 Å². The molecule has 1 aromatic rings. The number of rotatable bonds is 3. The van der Waals surface area contributed by atoms with Crippen molar-refractivity contribution < 1.29 is 22.3 Å². The number of hydrogen-bond acceptors (Lipinski definition) is 5. The van der Waals surface area contributed by atoms with E-state index in [9.17, 15) is 17.6 Å². The Morgan fingerprint density at radius 1 is 1.38 bits per heavy atom. The van der Waals surface area contributed by atoms with E-state index in [1.807, 2.05) is 0 Å². The summed E-state index contributed by atoms with van der Waals surface area (Å²) in [7, 11) is -1.24. The van der Waals surface area contributed by atoms with Gasteiger partial charge in [-0.1, -0.05) is 0 Å². The number of fused-ring (bicyclic) bond motifs is 1. The maximum Gasteiger partial charge on any atom is 0.309 e. The number of hydrogen-bond donors (Lipinski definition) is 0. The van der Waals surface area contributed by atoms with Crippen LogP contribution in [-0.2, 0) is 26.6 Å². The Balaban J connectivity index is 1.82.